The number of ether oxygens (including phenoxy) is 1. The Kier molecular flexibility index (Phi) is 5.88. The maximum Gasteiger partial charge on any atom is 0.344 e. The number of piperidine rings is 1. The van der Waals surface area contributed by atoms with Gasteiger partial charge in [-0.1, -0.05) is 22.6 Å². The number of hydrogen-bond donors (Lipinski definition) is 1. The number of rotatable bonds is 6. The summed E-state index contributed by atoms with van der Waals surface area (Å²) >= 11 is 1.48. The lowest BCUT2D eigenvalue weighted by atomic mass is 9.99. The van der Waals surface area contributed by atoms with Crippen molar-refractivity contribution < 1.29 is 32.7 Å². The number of anilines is 1. The SMILES string of the molecule is Cc1cc(C(=O)O)cc2sc(N3[C@@H]4CC[C@H]3C[C@@H](OC(=O)c3c(-c5c(F)cccc5F)noc3C3CC3)C4)nc12. The van der Waals surface area contributed by atoms with Gasteiger partial charge in [0.05, 0.1) is 21.3 Å². The number of carboxylic acids is 1. The second-order valence-corrected chi connectivity index (χ2v) is 11.9. The molecule has 1 aliphatic carbocycles. The minimum absolute atomic E-state index is 0.0113. The number of halogens is 2. The molecule has 3 fully saturated rings. The van der Waals surface area contributed by atoms with Crippen LogP contribution in [0, 0.1) is 18.6 Å². The Labute approximate surface area is 231 Å². The van der Waals surface area contributed by atoms with Crippen molar-refractivity contribution in [2.45, 2.75) is 69.6 Å². The fourth-order valence-electron chi connectivity index (χ4n) is 6.18. The number of esters is 1. The standard InChI is InChI=1S/C29H25F2N3O5S/c1-13-9-15(27(35)36)10-21-24(13)32-29(40-21)34-16-7-8-17(34)12-18(11-16)38-28(37)23-25(33-39-26(23)14-5-6-14)22-19(30)3-2-4-20(22)31/h2-4,9-10,14,16-18H,5-8,11-12H2,1H3,(H,35,36)/t16-,17+,18+. The lowest BCUT2D eigenvalue weighted by Crippen LogP contribution is -2.46. The van der Waals surface area contributed by atoms with E-state index in [0.717, 1.165) is 58.7 Å². The number of carbonyl (C=O) groups is 2. The zero-order valence-electron chi connectivity index (χ0n) is 21.5. The third-order valence-electron chi connectivity index (χ3n) is 8.18. The Bertz CT molecular complexity index is 1650. The molecule has 0 amide bonds. The average molecular weight is 566 g/mol. The van der Waals surface area contributed by atoms with Crippen LogP contribution in [0.1, 0.15) is 76.5 Å². The van der Waals surface area contributed by atoms with Crippen molar-refractivity contribution in [3.8, 4) is 11.3 Å². The van der Waals surface area contributed by atoms with Gasteiger partial charge in [0.2, 0.25) is 0 Å². The van der Waals surface area contributed by atoms with Gasteiger partial charge in [0, 0.05) is 30.8 Å². The van der Waals surface area contributed by atoms with Crippen LogP contribution in [0.15, 0.2) is 34.9 Å². The number of carbonyl (C=O) groups excluding carboxylic acids is 1. The van der Waals surface area contributed by atoms with Crippen LogP contribution in [-0.4, -0.2) is 45.4 Å². The van der Waals surface area contributed by atoms with Crippen LogP contribution in [0.4, 0.5) is 13.9 Å². The summed E-state index contributed by atoms with van der Waals surface area (Å²) in [6.07, 6.45) is 4.26. The fraction of sp³-hybridized carbons (Fsp3) is 0.379. The molecule has 4 heterocycles. The molecule has 1 saturated carbocycles. The lowest BCUT2D eigenvalue weighted by molar-refractivity contribution is 0.0202. The summed E-state index contributed by atoms with van der Waals surface area (Å²) in [7, 11) is 0. The van der Waals surface area contributed by atoms with Gasteiger partial charge in [0.15, 0.2) is 10.9 Å². The number of benzene rings is 2. The molecule has 8 nitrogen and oxygen atoms in total. The Morgan fingerprint density at radius 3 is 2.45 bits per heavy atom. The zero-order valence-corrected chi connectivity index (χ0v) is 22.3. The van der Waals surface area contributed by atoms with E-state index < -0.39 is 29.1 Å². The zero-order chi connectivity index (χ0) is 27.7. The average Bonchev–Trinajstić information content (AvgIpc) is 3.41. The van der Waals surface area contributed by atoms with Gasteiger partial charge in [-0.05, 0) is 62.4 Å². The fourth-order valence-corrected chi connectivity index (χ4v) is 7.41. The molecule has 0 radical (unpaired) electrons. The third kappa shape index (κ3) is 4.14. The highest BCUT2D eigenvalue weighted by molar-refractivity contribution is 7.22. The molecule has 11 heteroatoms. The van der Waals surface area contributed by atoms with Gasteiger partial charge in [0.25, 0.3) is 0 Å². The second-order valence-electron chi connectivity index (χ2n) is 10.9. The van der Waals surface area contributed by atoms with Gasteiger partial charge < -0.3 is 19.3 Å². The summed E-state index contributed by atoms with van der Waals surface area (Å²) in [5.41, 5.74) is 1.31. The van der Waals surface area contributed by atoms with Gasteiger partial charge in [0.1, 0.15) is 29.0 Å². The van der Waals surface area contributed by atoms with E-state index >= 15 is 0 Å². The minimum Gasteiger partial charge on any atom is -0.478 e. The first-order chi connectivity index (χ1) is 19.3. The molecule has 2 aromatic heterocycles. The molecule has 7 rings (SSSR count). The molecule has 206 valence electrons. The number of aromatic carboxylic acids is 1. The topological polar surface area (TPSA) is 106 Å². The highest BCUT2D eigenvalue weighted by Crippen LogP contribution is 2.46. The van der Waals surface area contributed by atoms with E-state index in [0.29, 0.717) is 18.6 Å². The molecule has 40 heavy (non-hydrogen) atoms. The van der Waals surface area contributed by atoms with Crippen LogP contribution in [0.25, 0.3) is 21.5 Å². The Hall–Kier alpha value is -3.86. The van der Waals surface area contributed by atoms with Crippen molar-refractivity contribution in [1.29, 1.82) is 0 Å². The first-order valence-corrected chi connectivity index (χ1v) is 14.2. The van der Waals surface area contributed by atoms with Gasteiger partial charge >= 0.3 is 11.9 Å². The number of nitrogens with zero attached hydrogens (tertiary/aromatic N) is 3. The first-order valence-electron chi connectivity index (χ1n) is 13.4. The highest BCUT2D eigenvalue weighted by Gasteiger charge is 2.45. The summed E-state index contributed by atoms with van der Waals surface area (Å²) in [5.74, 6) is -2.97. The van der Waals surface area contributed by atoms with Crippen LogP contribution in [0.2, 0.25) is 0 Å². The predicted molar refractivity (Wildman–Crippen MR) is 143 cm³/mol. The van der Waals surface area contributed by atoms with Gasteiger partial charge in [-0.25, -0.2) is 23.4 Å². The van der Waals surface area contributed by atoms with Crippen LogP contribution < -0.4 is 4.90 Å². The molecule has 2 saturated heterocycles. The van der Waals surface area contributed by atoms with Crippen LogP contribution in [0.3, 0.4) is 0 Å². The molecule has 0 spiro atoms. The summed E-state index contributed by atoms with van der Waals surface area (Å²) < 4.78 is 41.5. The van der Waals surface area contributed by atoms with Crippen molar-refractivity contribution >= 4 is 38.6 Å². The largest absolute Gasteiger partial charge is 0.478 e. The maximum absolute atomic E-state index is 14.6. The number of aromatic nitrogens is 2. The molecule has 4 aromatic rings. The first kappa shape index (κ1) is 25.1. The van der Waals surface area contributed by atoms with Gasteiger partial charge in [-0.15, -0.1) is 0 Å². The number of aryl methyl sites for hydroxylation is 1. The van der Waals surface area contributed by atoms with Crippen LogP contribution in [-0.2, 0) is 4.74 Å². The molecule has 0 unspecified atom stereocenters. The second kappa shape index (κ2) is 9.36. The number of thiazole rings is 1. The molecule has 1 N–H and O–H groups in total. The normalized spacial score (nSPS) is 22.2. The van der Waals surface area contributed by atoms with Crippen molar-refractivity contribution in [2.75, 3.05) is 4.90 Å². The molecule has 3 atom stereocenters. The Morgan fingerprint density at radius 1 is 1.10 bits per heavy atom. The minimum atomic E-state index is -0.971. The quantitative estimate of drug-likeness (QED) is 0.265. The molecule has 2 bridgehead atoms. The smallest absolute Gasteiger partial charge is 0.344 e. The van der Waals surface area contributed by atoms with Crippen molar-refractivity contribution in [3.05, 3.63) is 64.4 Å². The molecular formula is C29H25F2N3O5S. The van der Waals surface area contributed by atoms with E-state index in [4.69, 9.17) is 14.2 Å². The highest BCUT2D eigenvalue weighted by atomic mass is 32.1. The third-order valence-corrected chi connectivity index (χ3v) is 9.19. The van der Waals surface area contributed by atoms with Crippen molar-refractivity contribution in [3.63, 3.8) is 0 Å². The summed E-state index contributed by atoms with van der Waals surface area (Å²) in [4.78, 5) is 32.2. The van der Waals surface area contributed by atoms with E-state index in [1.807, 2.05) is 6.92 Å². The van der Waals surface area contributed by atoms with Gasteiger partial charge in [-0.2, -0.15) is 0 Å². The van der Waals surface area contributed by atoms with Crippen LogP contribution in [0.5, 0.6) is 0 Å². The summed E-state index contributed by atoms with van der Waals surface area (Å²) in [6, 6.07) is 7.01. The molecular weight excluding hydrogens is 540 g/mol. The number of carboxylic acid groups (broad SMARTS) is 1. The van der Waals surface area contributed by atoms with Crippen LogP contribution >= 0.6 is 11.3 Å². The monoisotopic (exact) mass is 565 g/mol. The van der Waals surface area contributed by atoms with E-state index in [1.165, 1.54) is 17.4 Å². The molecule has 2 aliphatic heterocycles. The van der Waals surface area contributed by atoms with E-state index in [-0.39, 0.29) is 40.9 Å². The predicted octanol–water partition coefficient (Wildman–Crippen LogP) is 6.47. The van der Waals surface area contributed by atoms with E-state index in [2.05, 4.69) is 10.1 Å². The van der Waals surface area contributed by atoms with E-state index in [1.54, 1.807) is 12.1 Å². The lowest BCUT2D eigenvalue weighted by Gasteiger charge is -2.38. The number of fused-ring (bicyclic) bond motifs is 3. The maximum atomic E-state index is 14.6. The Morgan fingerprint density at radius 2 is 1.80 bits per heavy atom. The van der Waals surface area contributed by atoms with Crippen molar-refractivity contribution in [1.82, 2.24) is 10.1 Å². The van der Waals surface area contributed by atoms with E-state index in [9.17, 15) is 23.5 Å². The summed E-state index contributed by atoms with van der Waals surface area (Å²) in [6.45, 7) is 1.86. The Balaban J connectivity index is 1.14. The molecule has 3 aliphatic rings. The molecule has 2 aromatic carbocycles. The number of hydrogen-bond acceptors (Lipinski definition) is 8. The van der Waals surface area contributed by atoms with Crippen molar-refractivity contribution in [2.24, 2.45) is 0 Å². The van der Waals surface area contributed by atoms with Gasteiger partial charge in [-0.3, -0.25) is 0 Å². The summed E-state index contributed by atoms with van der Waals surface area (Å²) in [5, 5.41) is 14.2.